The van der Waals surface area contributed by atoms with Gasteiger partial charge in [0.15, 0.2) is 0 Å². The van der Waals surface area contributed by atoms with E-state index in [9.17, 15) is 0 Å². The van der Waals surface area contributed by atoms with Crippen LogP contribution in [0.5, 0.6) is 0 Å². The average Bonchev–Trinajstić information content (AvgIpc) is 2.08. The molecule has 13 heavy (non-hydrogen) atoms. The summed E-state index contributed by atoms with van der Waals surface area (Å²) in [5.41, 5.74) is 0. The first-order chi connectivity index (χ1) is 6.18. The van der Waals surface area contributed by atoms with Crippen molar-refractivity contribution >= 4 is 0 Å². The quantitative estimate of drug-likeness (QED) is 0.512. The van der Waals surface area contributed by atoms with Gasteiger partial charge in [0, 0.05) is 0 Å². The van der Waals surface area contributed by atoms with E-state index >= 15 is 0 Å². The van der Waals surface area contributed by atoms with Crippen LogP contribution in [0.4, 0.5) is 0 Å². The minimum atomic E-state index is 0.968. The molecule has 78 valence electrons. The first kappa shape index (κ1) is 11.1. The summed E-state index contributed by atoms with van der Waals surface area (Å²) >= 11 is 0. The molecule has 3 atom stereocenters. The fraction of sp³-hybridized carbons (Fsp3) is 1.00. The molecule has 0 amide bonds. The Morgan fingerprint density at radius 2 is 1.08 bits per heavy atom. The zero-order valence-electron chi connectivity index (χ0n) is 9.68. The van der Waals surface area contributed by atoms with Crippen LogP contribution < -0.4 is 0 Å². The van der Waals surface area contributed by atoms with Crippen LogP contribution in [0.25, 0.3) is 0 Å². The maximum atomic E-state index is 2.44. The van der Waals surface area contributed by atoms with E-state index in [-0.39, 0.29) is 0 Å². The molecule has 0 radical (unpaired) electrons. The molecule has 0 nitrogen and oxygen atoms in total. The molecule has 0 aromatic carbocycles. The van der Waals surface area contributed by atoms with Gasteiger partial charge in [-0.1, -0.05) is 59.3 Å². The topological polar surface area (TPSA) is 0 Å². The van der Waals surface area contributed by atoms with Crippen molar-refractivity contribution in [2.24, 2.45) is 17.8 Å². The molecule has 0 bridgehead atoms. The Balaban J connectivity index is 2.32. The Hall–Kier alpha value is 0. The van der Waals surface area contributed by atoms with Crippen LogP contribution in [-0.4, -0.2) is 0 Å². The van der Waals surface area contributed by atoms with Crippen molar-refractivity contribution in [2.45, 2.75) is 65.7 Å². The summed E-state index contributed by atoms with van der Waals surface area (Å²) in [7, 11) is 0. The summed E-state index contributed by atoms with van der Waals surface area (Å²) in [5.74, 6) is 2.93. The molecule has 1 rings (SSSR count). The molecule has 0 spiro atoms. The summed E-state index contributed by atoms with van der Waals surface area (Å²) < 4.78 is 0. The smallest absolute Gasteiger partial charge is 0.0440 e. The predicted octanol–water partition coefficient (Wildman–Crippen LogP) is 4.64. The van der Waals surface area contributed by atoms with Gasteiger partial charge in [0.25, 0.3) is 0 Å². The lowest BCUT2D eigenvalue weighted by atomic mass is 9.85. The third-order valence-electron chi connectivity index (χ3n) is 3.60. The van der Waals surface area contributed by atoms with Crippen molar-refractivity contribution in [1.82, 2.24) is 0 Å². The van der Waals surface area contributed by atoms with Gasteiger partial charge in [0.05, 0.1) is 0 Å². The molecule has 1 fully saturated rings. The largest absolute Gasteiger partial charge is 0.0625 e. The zero-order valence-corrected chi connectivity index (χ0v) is 9.68. The van der Waals surface area contributed by atoms with Crippen molar-refractivity contribution in [2.75, 3.05) is 0 Å². The number of hydrogen-bond acceptors (Lipinski definition) is 0. The van der Waals surface area contributed by atoms with Crippen LogP contribution >= 0.6 is 0 Å². The van der Waals surface area contributed by atoms with Crippen molar-refractivity contribution in [3.05, 3.63) is 0 Å². The summed E-state index contributed by atoms with van der Waals surface area (Å²) in [6, 6.07) is 0. The zero-order chi connectivity index (χ0) is 9.68. The molecular weight excluding hydrogens is 156 g/mol. The fourth-order valence-corrected chi connectivity index (χ4v) is 2.62. The van der Waals surface area contributed by atoms with Crippen LogP contribution in [0.1, 0.15) is 65.7 Å². The van der Waals surface area contributed by atoms with E-state index in [2.05, 4.69) is 20.8 Å². The summed E-state index contributed by atoms with van der Waals surface area (Å²) in [5, 5.41) is 0. The minimum absolute atomic E-state index is 0.968. The standard InChI is InChI=1S/C13H26/c1-11-6-4-5-7-12(2)10-13(3)9-8-11/h11-13H,4-10H2,1-3H3. The average molecular weight is 182 g/mol. The first-order valence-corrected chi connectivity index (χ1v) is 6.18. The van der Waals surface area contributed by atoms with E-state index in [0.29, 0.717) is 0 Å². The summed E-state index contributed by atoms with van der Waals surface area (Å²) in [4.78, 5) is 0. The van der Waals surface area contributed by atoms with Crippen LogP contribution in [-0.2, 0) is 0 Å². The van der Waals surface area contributed by atoms with E-state index in [0.717, 1.165) is 17.8 Å². The van der Waals surface area contributed by atoms with Crippen LogP contribution in [0.2, 0.25) is 0 Å². The Morgan fingerprint density at radius 3 is 1.77 bits per heavy atom. The molecule has 0 heteroatoms. The van der Waals surface area contributed by atoms with Gasteiger partial charge in [0.2, 0.25) is 0 Å². The van der Waals surface area contributed by atoms with Crippen molar-refractivity contribution < 1.29 is 0 Å². The van der Waals surface area contributed by atoms with Gasteiger partial charge in [-0.25, -0.2) is 0 Å². The van der Waals surface area contributed by atoms with Crippen LogP contribution in [0, 0.1) is 17.8 Å². The molecule has 0 aromatic heterocycles. The van der Waals surface area contributed by atoms with Gasteiger partial charge in [0.1, 0.15) is 0 Å². The molecule has 0 N–H and O–H groups in total. The van der Waals surface area contributed by atoms with Gasteiger partial charge in [-0.2, -0.15) is 0 Å². The molecule has 0 saturated heterocycles. The van der Waals surface area contributed by atoms with Crippen molar-refractivity contribution in [3.8, 4) is 0 Å². The van der Waals surface area contributed by atoms with Crippen LogP contribution in [0.3, 0.4) is 0 Å². The second-order valence-corrected chi connectivity index (χ2v) is 5.41. The monoisotopic (exact) mass is 182 g/mol. The lowest BCUT2D eigenvalue weighted by Gasteiger charge is -2.21. The molecule has 1 saturated carbocycles. The molecule has 0 aliphatic heterocycles. The molecule has 3 unspecified atom stereocenters. The highest BCUT2D eigenvalue weighted by Crippen LogP contribution is 2.27. The van der Waals surface area contributed by atoms with E-state index in [1.165, 1.54) is 44.9 Å². The molecular formula is C13H26. The number of rotatable bonds is 0. The highest BCUT2D eigenvalue weighted by molar-refractivity contribution is 4.65. The fourth-order valence-electron chi connectivity index (χ4n) is 2.62. The number of hydrogen-bond donors (Lipinski definition) is 0. The lowest BCUT2D eigenvalue weighted by Crippen LogP contribution is -2.08. The maximum Gasteiger partial charge on any atom is -0.0440 e. The summed E-state index contributed by atoms with van der Waals surface area (Å²) in [6.07, 6.45) is 10.3. The Morgan fingerprint density at radius 1 is 0.615 bits per heavy atom. The summed E-state index contributed by atoms with van der Waals surface area (Å²) in [6.45, 7) is 7.30. The predicted molar refractivity (Wildman–Crippen MR) is 59.8 cm³/mol. The second-order valence-electron chi connectivity index (χ2n) is 5.41. The highest BCUT2D eigenvalue weighted by Gasteiger charge is 2.13. The lowest BCUT2D eigenvalue weighted by molar-refractivity contribution is 0.312. The Labute approximate surface area is 84.1 Å². The van der Waals surface area contributed by atoms with Crippen LogP contribution in [0.15, 0.2) is 0 Å². The SMILES string of the molecule is CC1CCCCC(C)CC(C)CC1. The molecule has 0 heterocycles. The first-order valence-electron chi connectivity index (χ1n) is 6.18. The third kappa shape index (κ3) is 4.69. The third-order valence-corrected chi connectivity index (χ3v) is 3.60. The minimum Gasteiger partial charge on any atom is -0.0625 e. The van der Waals surface area contributed by atoms with E-state index in [4.69, 9.17) is 0 Å². The van der Waals surface area contributed by atoms with Crippen molar-refractivity contribution in [3.63, 3.8) is 0 Å². The van der Waals surface area contributed by atoms with E-state index < -0.39 is 0 Å². The van der Waals surface area contributed by atoms with Gasteiger partial charge >= 0.3 is 0 Å². The second kappa shape index (κ2) is 5.67. The van der Waals surface area contributed by atoms with Crippen molar-refractivity contribution in [1.29, 1.82) is 0 Å². The maximum absolute atomic E-state index is 2.44. The Bertz CT molecular complexity index is 128. The van der Waals surface area contributed by atoms with Gasteiger partial charge in [-0.05, 0) is 24.2 Å². The Kier molecular flexibility index (Phi) is 4.83. The van der Waals surface area contributed by atoms with Gasteiger partial charge < -0.3 is 0 Å². The van der Waals surface area contributed by atoms with E-state index in [1.54, 1.807) is 0 Å². The molecule has 1 aliphatic rings. The molecule has 0 aromatic rings. The highest BCUT2D eigenvalue weighted by atomic mass is 14.2. The molecule has 1 aliphatic carbocycles. The van der Waals surface area contributed by atoms with E-state index in [1.807, 2.05) is 0 Å². The van der Waals surface area contributed by atoms with Gasteiger partial charge in [-0.15, -0.1) is 0 Å². The van der Waals surface area contributed by atoms with Gasteiger partial charge in [-0.3, -0.25) is 0 Å². The normalized spacial score (nSPS) is 38.5.